The third-order valence-corrected chi connectivity index (χ3v) is 14.1. The summed E-state index contributed by atoms with van der Waals surface area (Å²) in [6.07, 6.45) is 3.73. The van der Waals surface area contributed by atoms with Crippen molar-refractivity contribution >= 4 is 34.6 Å². The normalized spacial score (nSPS) is 22.2. The highest BCUT2D eigenvalue weighted by atomic mass is 16.5. The number of hydrogen-bond acceptors (Lipinski definition) is 11. The van der Waals surface area contributed by atoms with Crippen LogP contribution in [-0.4, -0.2) is 133 Å². The second-order valence-corrected chi connectivity index (χ2v) is 20.2. The second kappa shape index (κ2) is 21.6. The van der Waals surface area contributed by atoms with E-state index >= 15 is 0 Å². The molecule has 6 heterocycles. The zero-order valence-corrected chi connectivity index (χ0v) is 41.5. The van der Waals surface area contributed by atoms with Crippen molar-refractivity contribution in [2.75, 3.05) is 60.2 Å². The Kier molecular flexibility index (Phi) is 15.6. The molecule has 368 valence electrons. The van der Waals surface area contributed by atoms with E-state index in [1.54, 1.807) is 18.2 Å². The minimum absolute atomic E-state index is 0.116. The van der Waals surface area contributed by atoms with Crippen molar-refractivity contribution in [3.05, 3.63) is 77.6 Å². The number of methoxy groups -OCH3 is 1. The number of likely N-dealkylation sites (tertiary alicyclic amines) is 1. The molecule has 3 saturated heterocycles. The summed E-state index contributed by atoms with van der Waals surface area (Å²) in [6.45, 7) is 15.9. The average molecular weight is 944 g/mol. The number of hydrazine groups is 1. The van der Waals surface area contributed by atoms with E-state index in [4.69, 9.17) is 23.9 Å². The van der Waals surface area contributed by atoms with E-state index in [-0.39, 0.29) is 55.5 Å². The second-order valence-electron chi connectivity index (χ2n) is 20.2. The predicted molar refractivity (Wildman–Crippen MR) is 263 cm³/mol. The molecule has 3 fully saturated rings. The number of carbonyl (C=O) groups is 4. The SMILES string of the molecule is CCn1c(-c2cccnc2C(C)OC)c2c3cc(ccc31)-c1cccc(c1)C[C@H](NC(=O)[C@@H](COC1CN(C(=O)C#C[C@@H]3OCCCN3C)C1)C(C)C)C(=O)N1CCC[C@H](N1)C(=O)OCC(C)(C)C2. The largest absolute Gasteiger partial charge is 0.464 e. The summed E-state index contributed by atoms with van der Waals surface area (Å²) in [5.41, 5.74) is 10.7. The first-order valence-electron chi connectivity index (χ1n) is 24.7. The molecule has 0 spiro atoms. The Morgan fingerprint density at radius 2 is 1.83 bits per heavy atom. The third-order valence-electron chi connectivity index (χ3n) is 14.1. The number of carbonyl (C=O) groups excluding carboxylic acids is 4. The van der Waals surface area contributed by atoms with Crippen LogP contribution in [-0.2, 0) is 57.5 Å². The van der Waals surface area contributed by atoms with Gasteiger partial charge in [0.05, 0.1) is 49.3 Å². The molecule has 2 N–H and O–H groups in total. The molecule has 6 bridgehead atoms. The first kappa shape index (κ1) is 49.8. The lowest BCUT2D eigenvalue weighted by Crippen LogP contribution is -2.61. The van der Waals surface area contributed by atoms with Crippen LogP contribution >= 0.6 is 0 Å². The molecule has 0 saturated carbocycles. The highest BCUT2D eigenvalue weighted by Crippen LogP contribution is 2.42. The number of nitrogens with one attached hydrogen (secondary N) is 2. The van der Waals surface area contributed by atoms with Crippen LogP contribution in [0.1, 0.15) is 83.7 Å². The monoisotopic (exact) mass is 944 g/mol. The predicted octanol–water partition coefficient (Wildman–Crippen LogP) is 5.93. The fourth-order valence-electron chi connectivity index (χ4n) is 9.89. The summed E-state index contributed by atoms with van der Waals surface area (Å²) in [4.78, 5) is 64.2. The zero-order valence-electron chi connectivity index (χ0n) is 41.5. The topological polar surface area (TPSA) is 157 Å². The van der Waals surface area contributed by atoms with Crippen LogP contribution in [0.2, 0.25) is 0 Å². The number of fused-ring (bicyclic) bond motifs is 6. The third kappa shape index (κ3) is 11.2. The highest BCUT2D eigenvalue weighted by molar-refractivity contribution is 5.96. The van der Waals surface area contributed by atoms with Gasteiger partial charge in [-0.1, -0.05) is 58.0 Å². The van der Waals surface area contributed by atoms with Gasteiger partial charge in [0.25, 0.3) is 11.8 Å². The van der Waals surface area contributed by atoms with Gasteiger partial charge in [-0.05, 0) is 111 Å². The summed E-state index contributed by atoms with van der Waals surface area (Å²) in [6, 6.07) is 17.1. The number of amides is 3. The van der Waals surface area contributed by atoms with Crippen molar-refractivity contribution in [2.24, 2.45) is 17.3 Å². The van der Waals surface area contributed by atoms with Gasteiger partial charge >= 0.3 is 5.97 Å². The fourth-order valence-corrected chi connectivity index (χ4v) is 9.89. The Hall–Kier alpha value is -5.63. The van der Waals surface area contributed by atoms with E-state index < -0.39 is 35.6 Å². The van der Waals surface area contributed by atoms with Crippen molar-refractivity contribution in [1.82, 2.24) is 35.1 Å². The number of aromatic nitrogens is 2. The van der Waals surface area contributed by atoms with E-state index in [1.807, 2.05) is 50.9 Å². The highest BCUT2D eigenvalue weighted by Gasteiger charge is 2.38. The van der Waals surface area contributed by atoms with Gasteiger partial charge in [0.1, 0.15) is 12.1 Å². The van der Waals surface area contributed by atoms with Crippen LogP contribution in [0.15, 0.2) is 60.8 Å². The van der Waals surface area contributed by atoms with Crippen LogP contribution in [0, 0.1) is 29.1 Å². The average Bonchev–Trinajstić information content (AvgIpc) is 3.63. The molecule has 5 atom stereocenters. The Balaban J connectivity index is 1.08. The number of esters is 1. The summed E-state index contributed by atoms with van der Waals surface area (Å²) in [7, 11) is 3.62. The number of hydrogen-bond donors (Lipinski definition) is 2. The quantitative estimate of drug-likeness (QED) is 0.144. The van der Waals surface area contributed by atoms with Crippen LogP contribution in [0.25, 0.3) is 33.3 Å². The maximum Gasteiger partial charge on any atom is 0.324 e. The van der Waals surface area contributed by atoms with E-state index in [0.717, 1.165) is 63.1 Å². The molecule has 0 aliphatic carbocycles. The smallest absolute Gasteiger partial charge is 0.324 e. The van der Waals surface area contributed by atoms with Crippen molar-refractivity contribution in [1.29, 1.82) is 0 Å². The number of rotatable bonds is 10. The van der Waals surface area contributed by atoms with Gasteiger partial charge < -0.3 is 33.7 Å². The van der Waals surface area contributed by atoms with Crippen molar-refractivity contribution in [2.45, 2.75) is 111 Å². The lowest BCUT2D eigenvalue weighted by atomic mass is 9.84. The first-order valence-corrected chi connectivity index (χ1v) is 24.7. The molecule has 15 heteroatoms. The van der Waals surface area contributed by atoms with Gasteiger partial charge in [0.2, 0.25) is 5.91 Å². The van der Waals surface area contributed by atoms with E-state index in [1.165, 1.54) is 5.01 Å². The molecule has 4 aromatic rings. The summed E-state index contributed by atoms with van der Waals surface area (Å²) >= 11 is 0. The molecule has 2 aromatic carbocycles. The standard InChI is InChI=1S/C54H69N7O8/c1-9-60-46-19-18-38-28-41(46)42(50(60)40-16-11-22-55-49(40)35(4)66-8)29-54(5,6)33-69-53(65)44-17-12-24-61(57-44)52(64)45(27-36-14-10-15-37(38)26-36)56-51(63)43(34(2)3)32-68-39-30-59(31-39)47(62)20-21-48-58(7)23-13-25-67-48/h10-11,14-16,18-19,22,26,28,34-35,39,43-45,48,57H,9,12-13,17,23-25,27,29-33H2,1-8H3,(H,56,63)/t35?,43-,44-,45-,48-/m0/s1. The molecule has 1 unspecified atom stereocenters. The molecule has 2 aromatic heterocycles. The van der Waals surface area contributed by atoms with Gasteiger partial charge in [0, 0.05) is 74.3 Å². The minimum atomic E-state index is -0.963. The molecule has 8 rings (SSSR count). The zero-order chi connectivity index (χ0) is 49.0. The minimum Gasteiger partial charge on any atom is -0.464 e. The van der Waals surface area contributed by atoms with E-state index in [9.17, 15) is 19.2 Å². The Bertz CT molecular complexity index is 2590. The molecule has 0 radical (unpaired) electrons. The lowest BCUT2D eigenvalue weighted by Gasteiger charge is -2.38. The number of aryl methyl sites for hydroxylation is 1. The fraction of sp³-hybridized carbons (Fsp3) is 0.537. The van der Waals surface area contributed by atoms with Crippen molar-refractivity contribution in [3.8, 4) is 34.2 Å². The maximum atomic E-state index is 14.7. The maximum absolute atomic E-state index is 14.7. The Morgan fingerprint density at radius 3 is 2.58 bits per heavy atom. The van der Waals surface area contributed by atoms with E-state index in [2.05, 4.69) is 84.3 Å². The molecule has 4 aliphatic heterocycles. The first-order chi connectivity index (χ1) is 33.1. The van der Waals surface area contributed by atoms with Gasteiger partial charge in [0.15, 0.2) is 6.23 Å². The number of pyridine rings is 1. The van der Waals surface area contributed by atoms with Crippen LogP contribution in [0.3, 0.4) is 0 Å². The summed E-state index contributed by atoms with van der Waals surface area (Å²) in [5.74, 6) is 3.61. The van der Waals surface area contributed by atoms with E-state index in [0.29, 0.717) is 52.0 Å². The van der Waals surface area contributed by atoms with Crippen LogP contribution in [0.4, 0.5) is 0 Å². The summed E-state index contributed by atoms with van der Waals surface area (Å²) in [5, 5.41) is 5.70. The molecule has 69 heavy (non-hydrogen) atoms. The number of cyclic esters (lactones) is 1. The number of ether oxygens (including phenoxy) is 4. The molecule has 15 nitrogen and oxygen atoms in total. The van der Waals surface area contributed by atoms with Gasteiger partial charge in [-0.25, -0.2) is 5.43 Å². The molecule has 3 amide bonds. The Morgan fingerprint density at radius 1 is 1.03 bits per heavy atom. The molecular weight excluding hydrogens is 875 g/mol. The van der Waals surface area contributed by atoms with Crippen LogP contribution < -0.4 is 10.7 Å². The van der Waals surface area contributed by atoms with Crippen LogP contribution in [0.5, 0.6) is 0 Å². The number of nitrogens with zero attached hydrogens (tertiary/aromatic N) is 5. The Labute approximate surface area is 406 Å². The molecular formula is C54H69N7O8. The number of benzene rings is 2. The van der Waals surface area contributed by atoms with Gasteiger partial charge in [-0.3, -0.25) is 34.1 Å². The lowest BCUT2D eigenvalue weighted by molar-refractivity contribution is -0.155. The van der Waals surface area contributed by atoms with Crippen molar-refractivity contribution < 1.29 is 38.1 Å². The van der Waals surface area contributed by atoms with Gasteiger partial charge in [-0.2, -0.15) is 0 Å². The van der Waals surface area contributed by atoms with Gasteiger partial charge in [-0.15, -0.1) is 0 Å². The summed E-state index contributed by atoms with van der Waals surface area (Å²) < 4.78 is 26.2. The molecule has 4 aliphatic rings. The van der Waals surface area contributed by atoms with Crippen molar-refractivity contribution in [3.63, 3.8) is 0 Å².